The van der Waals surface area contributed by atoms with Gasteiger partial charge in [0.1, 0.15) is 5.69 Å². The average Bonchev–Trinajstić information content (AvgIpc) is 2.91. The van der Waals surface area contributed by atoms with E-state index in [9.17, 15) is 14.9 Å². The highest BCUT2D eigenvalue weighted by Gasteiger charge is 2.19. The number of benzene rings is 3. The van der Waals surface area contributed by atoms with Gasteiger partial charge < -0.3 is 24.8 Å². The maximum Gasteiger partial charge on any atom is 0.292 e. The summed E-state index contributed by atoms with van der Waals surface area (Å²) in [5.41, 5.74) is 4.04. The van der Waals surface area contributed by atoms with Crippen LogP contribution in [0.4, 0.5) is 11.4 Å². The Morgan fingerprint density at radius 2 is 1.68 bits per heavy atom. The normalized spacial score (nSPS) is 10.8. The molecule has 9 nitrogen and oxygen atoms in total. The molecule has 0 saturated heterocycles. The molecule has 37 heavy (non-hydrogen) atoms. The Balaban J connectivity index is 1.60. The number of amides is 1. The first-order valence-electron chi connectivity index (χ1n) is 11.7. The Kier molecular flexibility index (Phi) is 9.62. The van der Waals surface area contributed by atoms with E-state index < -0.39 is 10.8 Å². The van der Waals surface area contributed by atoms with E-state index in [4.69, 9.17) is 14.2 Å². The van der Waals surface area contributed by atoms with Crippen molar-refractivity contribution in [2.75, 3.05) is 26.6 Å². The van der Waals surface area contributed by atoms with Crippen molar-refractivity contribution in [3.05, 3.63) is 93.0 Å². The summed E-state index contributed by atoms with van der Waals surface area (Å²) in [6.07, 6.45) is 3.79. The minimum Gasteiger partial charge on any atom is -0.493 e. The van der Waals surface area contributed by atoms with Crippen molar-refractivity contribution in [1.29, 1.82) is 0 Å². The lowest BCUT2D eigenvalue weighted by molar-refractivity contribution is -0.383. The highest BCUT2D eigenvalue weighted by atomic mass is 16.6. The van der Waals surface area contributed by atoms with Gasteiger partial charge in [0.15, 0.2) is 11.5 Å². The van der Waals surface area contributed by atoms with Crippen LogP contribution in [0.25, 0.3) is 6.08 Å². The predicted octanol–water partition coefficient (Wildman–Crippen LogP) is 5.12. The Bertz CT molecular complexity index is 1270. The van der Waals surface area contributed by atoms with Gasteiger partial charge in [0.05, 0.1) is 26.3 Å². The average molecular weight is 506 g/mol. The van der Waals surface area contributed by atoms with Gasteiger partial charge in [-0.25, -0.2) is 0 Å². The molecule has 0 bridgehead atoms. The number of nitrogens with zero attached hydrogens (tertiary/aromatic N) is 1. The van der Waals surface area contributed by atoms with Crippen LogP contribution in [0, 0.1) is 10.1 Å². The summed E-state index contributed by atoms with van der Waals surface area (Å²) in [5.74, 6) is 1.45. The number of hydrogen-bond donors (Lipinski definition) is 2. The van der Waals surface area contributed by atoms with Gasteiger partial charge in [-0.2, -0.15) is 0 Å². The van der Waals surface area contributed by atoms with E-state index in [1.807, 2.05) is 30.3 Å². The largest absolute Gasteiger partial charge is 0.493 e. The van der Waals surface area contributed by atoms with Gasteiger partial charge in [0.2, 0.25) is 11.7 Å². The number of anilines is 1. The first kappa shape index (κ1) is 27.2. The summed E-state index contributed by atoms with van der Waals surface area (Å²) in [7, 11) is 4.82. The van der Waals surface area contributed by atoms with Gasteiger partial charge in [-0.05, 0) is 41.3 Å². The number of nitro groups is 1. The molecule has 9 heteroatoms. The molecule has 0 saturated carbocycles. The molecule has 0 spiro atoms. The van der Waals surface area contributed by atoms with Crippen LogP contribution in [0.1, 0.15) is 29.2 Å². The van der Waals surface area contributed by atoms with Gasteiger partial charge in [0.25, 0.3) is 5.69 Å². The molecule has 3 aromatic rings. The third kappa shape index (κ3) is 6.86. The molecule has 0 atom stereocenters. The molecule has 194 valence electrons. The maximum absolute atomic E-state index is 12.2. The van der Waals surface area contributed by atoms with Gasteiger partial charge in [0, 0.05) is 30.8 Å². The van der Waals surface area contributed by atoms with Crippen LogP contribution in [0.5, 0.6) is 17.2 Å². The molecular formula is C28H31N3O6. The quantitative estimate of drug-likeness (QED) is 0.199. The number of ether oxygens (including phenoxy) is 3. The molecule has 0 fully saturated rings. The van der Waals surface area contributed by atoms with Crippen LogP contribution in [-0.4, -0.2) is 32.2 Å². The van der Waals surface area contributed by atoms with Crippen molar-refractivity contribution in [2.45, 2.75) is 26.4 Å². The van der Waals surface area contributed by atoms with E-state index in [1.54, 1.807) is 39.5 Å². The minimum atomic E-state index is -0.531. The van der Waals surface area contributed by atoms with E-state index in [2.05, 4.69) is 17.6 Å². The second kappa shape index (κ2) is 13.1. The zero-order valence-electron chi connectivity index (χ0n) is 21.4. The van der Waals surface area contributed by atoms with Crippen molar-refractivity contribution in [3.8, 4) is 17.2 Å². The number of hydrogen-bond acceptors (Lipinski definition) is 7. The van der Waals surface area contributed by atoms with E-state index in [1.165, 1.54) is 18.2 Å². The second-order valence-corrected chi connectivity index (χ2v) is 8.08. The summed E-state index contributed by atoms with van der Waals surface area (Å²) < 4.78 is 16.6. The van der Waals surface area contributed by atoms with Crippen molar-refractivity contribution in [3.63, 3.8) is 0 Å². The highest BCUT2D eigenvalue weighted by molar-refractivity contribution is 6.03. The lowest BCUT2D eigenvalue weighted by Crippen LogP contribution is -2.15. The highest BCUT2D eigenvalue weighted by Crippen LogP contribution is 2.42. The SMILES string of the molecule is CCc1c(CNCc2ccc(/C=C/C(=O)Nc3ccccc3[N+](=O)[O-])cc2)cc(OC)c(OC)c1OC. The summed E-state index contributed by atoms with van der Waals surface area (Å²) >= 11 is 0. The predicted molar refractivity (Wildman–Crippen MR) is 143 cm³/mol. The van der Waals surface area contributed by atoms with Crippen molar-refractivity contribution in [1.82, 2.24) is 5.32 Å². The fourth-order valence-corrected chi connectivity index (χ4v) is 3.98. The van der Waals surface area contributed by atoms with E-state index in [0.717, 1.165) is 28.7 Å². The van der Waals surface area contributed by atoms with Crippen LogP contribution < -0.4 is 24.8 Å². The van der Waals surface area contributed by atoms with E-state index in [-0.39, 0.29) is 11.4 Å². The summed E-state index contributed by atoms with van der Waals surface area (Å²) in [6, 6.07) is 15.7. The lowest BCUT2D eigenvalue weighted by Gasteiger charge is -2.19. The first-order valence-corrected chi connectivity index (χ1v) is 11.7. The van der Waals surface area contributed by atoms with Crippen LogP contribution in [0.2, 0.25) is 0 Å². The van der Waals surface area contributed by atoms with Crippen LogP contribution in [0.15, 0.2) is 60.7 Å². The van der Waals surface area contributed by atoms with Crippen molar-refractivity contribution < 1.29 is 23.9 Å². The van der Waals surface area contributed by atoms with Crippen LogP contribution in [0.3, 0.4) is 0 Å². The van der Waals surface area contributed by atoms with Gasteiger partial charge >= 0.3 is 0 Å². The number of methoxy groups -OCH3 is 3. The monoisotopic (exact) mass is 505 g/mol. The molecule has 0 aromatic heterocycles. The number of rotatable bonds is 12. The Hall–Kier alpha value is -4.37. The topological polar surface area (TPSA) is 112 Å². The molecule has 0 heterocycles. The molecule has 0 unspecified atom stereocenters. The molecule has 0 radical (unpaired) electrons. The third-order valence-corrected chi connectivity index (χ3v) is 5.79. The molecule has 0 aliphatic carbocycles. The molecule has 0 aliphatic rings. The molecule has 1 amide bonds. The molecule has 0 aliphatic heterocycles. The summed E-state index contributed by atoms with van der Waals surface area (Å²) in [5, 5.41) is 17.1. The maximum atomic E-state index is 12.2. The molecule has 3 rings (SSSR count). The molecule has 2 N–H and O–H groups in total. The Morgan fingerprint density at radius 3 is 2.30 bits per heavy atom. The second-order valence-electron chi connectivity index (χ2n) is 8.08. The van der Waals surface area contributed by atoms with Crippen LogP contribution in [-0.2, 0) is 24.3 Å². The Morgan fingerprint density at radius 1 is 0.973 bits per heavy atom. The number of carbonyl (C=O) groups excluding carboxylic acids is 1. The summed E-state index contributed by atoms with van der Waals surface area (Å²) in [4.78, 5) is 22.8. The number of para-hydroxylation sites is 2. The van der Waals surface area contributed by atoms with E-state index in [0.29, 0.717) is 30.3 Å². The smallest absolute Gasteiger partial charge is 0.292 e. The summed E-state index contributed by atoms with van der Waals surface area (Å²) in [6.45, 7) is 3.33. The molecule has 3 aromatic carbocycles. The third-order valence-electron chi connectivity index (χ3n) is 5.79. The van der Waals surface area contributed by atoms with E-state index >= 15 is 0 Å². The Labute approximate surface area is 216 Å². The lowest BCUT2D eigenvalue weighted by atomic mass is 10.0. The minimum absolute atomic E-state index is 0.154. The van der Waals surface area contributed by atoms with Gasteiger partial charge in [-0.3, -0.25) is 14.9 Å². The standard InChI is InChI=1S/C28H31N3O6/c1-5-22-21(16-25(35-2)28(37-4)27(22)36-3)18-29-17-20-12-10-19(11-13-20)14-15-26(32)30-23-8-6-7-9-24(23)31(33)34/h6-16,29H,5,17-18H2,1-4H3,(H,30,32)/b15-14+. The first-order chi connectivity index (χ1) is 17.9. The zero-order valence-corrected chi connectivity index (χ0v) is 21.4. The number of carbonyl (C=O) groups is 1. The van der Waals surface area contributed by atoms with Gasteiger partial charge in [-0.1, -0.05) is 43.3 Å². The van der Waals surface area contributed by atoms with Crippen molar-refractivity contribution >= 4 is 23.4 Å². The van der Waals surface area contributed by atoms with Crippen LogP contribution >= 0.6 is 0 Å². The van der Waals surface area contributed by atoms with Gasteiger partial charge in [-0.15, -0.1) is 0 Å². The number of nitrogens with one attached hydrogen (secondary N) is 2. The zero-order chi connectivity index (χ0) is 26.8. The molecular weight excluding hydrogens is 474 g/mol. The fourth-order valence-electron chi connectivity index (χ4n) is 3.98. The number of nitro benzene ring substituents is 1. The van der Waals surface area contributed by atoms with Crippen molar-refractivity contribution in [2.24, 2.45) is 0 Å². The fraction of sp³-hybridized carbons (Fsp3) is 0.250.